The van der Waals surface area contributed by atoms with E-state index in [0.29, 0.717) is 5.69 Å². The third-order valence-corrected chi connectivity index (χ3v) is 6.32. The first-order chi connectivity index (χ1) is 13.5. The number of hydrazone groups is 1. The van der Waals surface area contributed by atoms with E-state index in [9.17, 15) is 14.4 Å². The van der Waals surface area contributed by atoms with Crippen LogP contribution in [0.1, 0.15) is 24.1 Å². The summed E-state index contributed by atoms with van der Waals surface area (Å²) in [5.41, 5.74) is 2.36. The Morgan fingerprint density at radius 3 is 2.39 bits per heavy atom. The van der Waals surface area contributed by atoms with Crippen LogP contribution >= 0.6 is 15.9 Å². The number of amides is 2. The van der Waals surface area contributed by atoms with E-state index in [2.05, 4.69) is 21.0 Å². The lowest BCUT2D eigenvalue weighted by atomic mass is 9.84. The molecule has 0 spiro atoms. The average molecular weight is 438 g/mol. The number of hydrogen-bond acceptors (Lipinski definition) is 5. The second-order valence-electron chi connectivity index (χ2n) is 7.29. The molecule has 28 heavy (non-hydrogen) atoms. The second-order valence-corrected chi connectivity index (χ2v) is 8.21. The molecule has 0 saturated carbocycles. The van der Waals surface area contributed by atoms with Crippen molar-refractivity contribution in [3.63, 3.8) is 0 Å². The van der Waals surface area contributed by atoms with Gasteiger partial charge in [-0.2, -0.15) is 5.10 Å². The summed E-state index contributed by atoms with van der Waals surface area (Å²) in [4.78, 5) is 40.5. The summed E-state index contributed by atoms with van der Waals surface area (Å²) in [5.74, 6) is -2.14. The predicted molar refractivity (Wildman–Crippen MR) is 107 cm³/mol. The zero-order valence-electron chi connectivity index (χ0n) is 14.9. The molecule has 0 aliphatic carbocycles. The molecule has 3 heterocycles. The van der Waals surface area contributed by atoms with E-state index in [1.807, 2.05) is 24.3 Å². The van der Waals surface area contributed by atoms with Crippen LogP contribution < -0.4 is 4.90 Å². The minimum atomic E-state index is -0.739. The minimum Gasteiger partial charge on any atom is -0.298 e. The molecule has 3 aliphatic rings. The molecule has 2 fully saturated rings. The first-order valence-electron chi connectivity index (χ1n) is 9.04. The Balaban J connectivity index is 1.65. The molecule has 5 rings (SSSR count). The fourth-order valence-electron chi connectivity index (χ4n) is 4.67. The van der Waals surface area contributed by atoms with Crippen LogP contribution in [-0.2, 0) is 14.4 Å². The third-order valence-electron chi connectivity index (χ3n) is 5.79. The van der Waals surface area contributed by atoms with Gasteiger partial charge < -0.3 is 0 Å². The van der Waals surface area contributed by atoms with Crippen molar-refractivity contribution in [1.29, 1.82) is 0 Å². The van der Waals surface area contributed by atoms with Gasteiger partial charge in [0.05, 0.1) is 29.8 Å². The summed E-state index contributed by atoms with van der Waals surface area (Å²) in [7, 11) is 0. The molecule has 0 bridgehead atoms. The van der Waals surface area contributed by atoms with Gasteiger partial charge in [-0.05, 0) is 42.3 Å². The summed E-state index contributed by atoms with van der Waals surface area (Å²) in [6.07, 6.45) is 1.70. The van der Waals surface area contributed by atoms with Gasteiger partial charge in [-0.15, -0.1) is 0 Å². The molecule has 2 aromatic carbocycles. The average Bonchev–Trinajstić information content (AvgIpc) is 3.16. The molecule has 0 aromatic heterocycles. The molecule has 6 nitrogen and oxygen atoms in total. The maximum atomic E-state index is 13.4. The van der Waals surface area contributed by atoms with Crippen molar-refractivity contribution in [3.8, 4) is 0 Å². The number of imide groups is 1. The number of rotatable bonds is 2. The second kappa shape index (κ2) is 6.10. The molecule has 2 amide bonds. The SMILES string of the molecule is CC(=O)[C@@H]1[C@@H]2C(=O)N(c3ccc(Br)cc3)C(=O)[C@@H]2C2c3ccccc3C=NN21. The Kier molecular flexibility index (Phi) is 3.77. The fourth-order valence-corrected chi connectivity index (χ4v) is 4.93. The lowest BCUT2D eigenvalue weighted by Gasteiger charge is -2.33. The fraction of sp³-hybridized carbons (Fsp3) is 0.238. The quantitative estimate of drug-likeness (QED) is 0.677. The number of nitrogens with zero attached hydrogens (tertiary/aromatic N) is 3. The minimum absolute atomic E-state index is 0.159. The number of halogens is 1. The number of Topliss-reactive ketones (excluding diaryl/α,β-unsaturated/α-hetero) is 1. The summed E-state index contributed by atoms with van der Waals surface area (Å²) < 4.78 is 0.860. The van der Waals surface area contributed by atoms with Gasteiger partial charge in [0.1, 0.15) is 6.04 Å². The van der Waals surface area contributed by atoms with Crippen molar-refractivity contribution in [3.05, 3.63) is 64.1 Å². The number of ketones is 1. The van der Waals surface area contributed by atoms with Gasteiger partial charge in [-0.1, -0.05) is 40.2 Å². The van der Waals surface area contributed by atoms with Crippen molar-refractivity contribution >= 4 is 45.4 Å². The van der Waals surface area contributed by atoms with E-state index in [1.54, 1.807) is 35.5 Å². The van der Waals surface area contributed by atoms with Gasteiger partial charge in [0, 0.05) is 4.47 Å². The molecule has 7 heteroatoms. The normalized spacial score (nSPS) is 27.6. The van der Waals surface area contributed by atoms with E-state index in [4.69, 9.17) is 0 Å². The molecule has 1 unspecified atom stereocenters. The van der Waals surface area contributed by atoms with E-state index < -0.39 is 23.9 Å². The van der Waals surface area contributed by atoms with Gasteiger partial charge in [0.2, 0.25) is 11.8 Å². The maximum absolute atomic E-state index is 13.4. The van der Waals surface area contributed by atoms with Crippen molar-refractivity contribution in [2.75, 3.05) is 4.90 Å². The highest BCUT2D eigenvalue weighted by Gasteiger charge is 2.64. The monoisotopic (exact) mass is 437 g/mol. The number of hydrogen-bond donors (Lipinski definition) is 0. The molecule has 3 aliphatic heterocycles. The van der Waals surface area contributed by atoms with Crippen LogP contribution in [-0.4, -0.2) is 34.9 Å². The van der Waals surface area contributed by atoms with Crippen LogP contribution in [0.3, 0.4) is 0 Å². The lowest BCUT2D eigenvalue weighted by molar-refractivity contribution is -0.129. The predicted octanol–water partition coefficient (Wildman–Crippen LogP) is 2.92. The lowest BCUT2D eigenvalue weighted by Crippen LogP contribution is -2.43. The Morgan fingerprint density at radius 1 is 1.00 bits per heavy atom. The zero-order valence-corrected chi connectivity index (χ0v) is 16.5. The van der Waals surface area contributed by atoms with Crippen molar-refractivity contribution in [1.82, 2.24) is 5.01 Å². The highest BCUT2D eigenvalue weighted by molar-refractivity contribution is 9.10. The first kappa shape index (κ1) is 17.3. The van der Waals surface area contributed by atoms with Crippen LogP contribution in [0.5, 0.6) is 0 Å². The molecule has 140 valence electrons. The Hall–Kier alpha value is -2.80. The first-order valence-corrected chi connectivity index (χ1v) is 9.83. The van der Waals surface area contributed by atoms with Gasteiger partial charge in [-0.3, -0.25) is 19.4 Å². The smallest absolute Gasteiger partial charge is 0.240 e. The van der Waals surface area contributed by atoms with Crippen molar-refractivity contribution in [2.45, 2.75) is 19.0 Å². The Morgan fingerprint density at radius 2 is 1.68 bits per heavy atom. The summed E-state index contributed by atoms with van der Waals surface area (Å²) in [6.45, 7) is 1.46. The highest BCUT2D eigenvalue weighted by Crippen LogP contribution is 2.52. The van der Waals surface area contributed by atoms with Crippen LogP contribution in [0.2, 0.25) is 0 Å². The zero-order chi connectivity index (χ0) is 19.6. The largest absolute Gasteiger partial charge is 0.298 e. The van der Waals surface area contributed by atoms with Gasteiger partial charge in [0.25, 0.3) is 0 Å². The van der Waals surface area contributed by atoms with Crippen LogP contribution in [0, 0.1) is 11.8 Å². The van der Waals surface area contributed by atoms with Crippen LogP contribution in [0.4, 0.5) is 5.69 Å². The van der Waals surface area contributed by atoms with Crippen LogP contribution in [0.25, 0.3) is 0 Å². The number of carbonyl (C=O) groups is 3. The Bertz CT molecular complexity index is 1050. The summed E-state index contributed by atoms with van der Waals surface area (Å²) in [6, 6.07) is 13.6. The number of carbonyl (C=O) groups excluding carboxylic acids is 3. The standard InChI is InChI=1S/C21H16BrN3O3/c1-11(26)18-16-17(19-15-5-3-2-4-12(15)10-23-25(18)19)21(28)24(20(16)27)14-8-6-13(22)7-9-14/h2-10,16-19H,1H3/t16-,17+,18-,19?/m1/s1. The summed E-state index contributed by atoms with van der Waals surface area (Å²) in [5, 5.41) is 6.12. The van der Waals surface area contributed by atoms with Crippen molar-refractivity contribution in [2.24, 2.45) is 16.9 Å². The molecular formula is C21H16BrN3O3. The number of anilines is 1. The summed E-state index contributed by atoms with van der Waals surface area (Å²) >= 11 is 3.37. The maximum Gasteiger partial charge on any atom is 0.240 e. The molecule has 0 radical (unpaired) electrons. The third kappa shape index (κ3) is 2.26. The topological polar surface area (TPSA) is 70.0 Å². The van der Waals surface area contributed by atoms with Gasteiger partial charge >= 0.3 is 0 Å². The van der Waals surface area contributed by atoms with E-state index in [1.165, 1.54) is 11.8 Å². The molecule has 4 atom stereocenters. The van der Waals surface area contributed by atoms with Crippen LogP contribution in [0.15, 0.2) is 58.1 Å². The molecule has 2 saturated heterocycles. The van der Waals surface area contributed by atoms with Crippen molar-refractivity contribution < 1.29 is 14.4 Å². The molecular weight excluding hydrogens is 422 g/mol. The van der Waals surface area contributed by atoms with Gasteiger partial charge in [-0.25, -0.2) is 4.90 Å². The highest BCUT2D eigenvalue weighted by atomic mass is 79.9. The molecule has 0 N–H and O–H groups in total. The number of fused-ring (bicyclic) bond motifs is 5. The molecule has 2 aromatic rings. The van der Waals surface area contributed by atoms with E-state index in [0.717, 1.165) is 15.6 Å². The Labute approximate surface area is 169 Å². The van der Waals surface area contributed by atoms with E-state index >= 15 is 0 Å². The number of benzene rings is 2. The van der Waals surface area contributed by atoms with E-state index in [-0.39, 0.29) is 17.6 Å². The van der Waals surface area contributed by atoms with Gasteiger partial charge in [0.15, 0.2) is 5.78 Å².